The molecule has 1 N–H and O–H groups in total. The zero-order chi connectivity index (χ0) is 22.2. The van der Waals surface area contributed by atoms with E-state index in [1.54, 1.807) is 10.4 Å². The summed E-state index contributed by atoms with van der Waals surface area (Å²) in [6, 6.07) is 8.26. The van der Waals surface area contributed by atoms with Crippen molar-refractivity contribution in [3.05, 3.63) is 70.4 Å². The molecule has 0 unspecified atom stereocenters. The molecule has 0 saturated heterocycles. The van der Waals surface area contributed by atoms with E-state index in [1.165, 1.54) is 35.8 Å². The molecule has 1 fully saturated rings. The third kappa shape index (κ3) is 4.74. The molecular weight excluding hydrogens is 434 g/mol. The van der Waals surface area contributed by atoms with E-state index in [2.05, 4.69) is 10.1 Å². The Kier molecular flexibility index (Phi) is 5.48. The van der Waals surface area contributed by atoms with E-state index < -0.39 is 23.5 Å². The van der Waals surface area contributed by atoms with Gasteiger partial charge in [0.15, 0.2) is 0 Å². The summed E-state index contributed by atoms with van der Waals surface area (Å²) < 4.78 is 51.7. The van der Waals surface area contributed by atoms with Gasteiger partial charge in [-0.2, -0.15) is 18.3 Å². The molecule has 3 aromatic rings. The Hall–Kier alpha value is -3.27. The summed E-state index contributed by atoms with van der Waals surface area (Å²) in [5.74, 6) is -1.92. The number of carboxylic acid groups (broad SMARTS) is 1. The highest BCUT2D eigenvalue weighted by molar-refractivity contribution is 7.14. The number of hydrogen-bond acceptors (Lipinski definition) is 5. The SMILES string of the molecule is O=C(O)c1cc(F)ccc1C=NN(c1nc(-c2ccc(C(F)(F)F)cc2)cs1)C1CC1. The molecule has 1 aliphatic carbocycles. The molecule has 0 amide bonds. The van der Waals surface area contributed by atoms with Gasteiger partial charge in [-0.05, 0) is 43.2 Å². The molecule has 1 aliphatic rings. The number of thiazole rings is 1. The van der Waals surface area contributed by atoms with Crippen molar-refractivity contribution in [1.29, 1.82) is 0 Å². The van der Waals surface area contributed by atoms with Crippen LogP contribution in [0.2, 0.25) is 0 Å². The van der Waals surface area contributed by atoms with Crippen molar-refractivity contribution < 1.29 is 27.5 Å². The summed E-state index contributed by atoms with van der Waals surface area (Å²) >= 11 is 1.28. The summed E-state index contributed by atoms with van der Waals surface area (Å²) in [5.41, 5.74) is 0.372. The maximum absolute atomic E-state index is 13.4. The predicted octanol–water partition coefficient (Wildman–Crippen LogP) is 5.67. The van der Waals surface area contributed by atoms with Crippen LogP contribution in [0.1, 0.15) is 34.3 Å². The molecule has 31 heavy (non-hydrogen) atoms. The van der Waals surface area contributed by atoms with Crippen LogP contribution in [0.3, 0.4) is 0 Å². The Morgan fingerprint density at radius 3 is 2.52 bits per heavy atom. The van der Waals surface area contributed by atoms with Crippen molar-refractivity contribution in [2.24, 2.45) is 5.10 Å². The fourth-order valence-corrected chi connectivity index (χ4v) is 3.76. The van der Waals surface area contributed by atoms with Crippen molar-refractivity contribution >= 4 is 28.7 Å². The minimum Gasteiger partial charge on any atom is -0.478 e. The quantitative estimate of drug-likeness (QED) is 0.299. The third-order valence-corrected chi connectivity index (χ3v) is 5.49. The Labute approximate surface area is 178 Å². The average Bonchev–Trinajstić information content (AvgIpc) is 3.44. The van der Waals surface area contributed by atoms with Crippen molar-refractivity contribution in [3.8, 4) is 11.3 Å². The number of aromatic nitrogens is 1. The van der Waals surface area contributed by atoms with E-state index in [-0.39, 0.29) is 17.2 Å². The second kappa shape index (κ2) is 8.10. The fourth-order valence-electron chi connectivity index (χ4n) is 2.90. The number of anilines is 1. The first-order chi connectivity index (χ1) is 14.7. The highest BCUT2D eigenvalue weighted by Gasteiger charge is 2.32. The molecule has 4 rings (SSSR count). The molecule has 0 radical (unpaired) electrons. The number of aromatic carboxylic acids is 1. The molecule has 0 atom stereocenters. The van der Waals surface area contributed by atoms with E-state index in [0.29, 0.717) is 16.4 Å². The summed E-state index contributed by atoms with van der Waals surface area (Å²) in [5, 5.41) is 17.6. The first-order valence-electron chi connectivity index (χ1n) is 9.21. The fraction of sp³-hybridized carbons (Fsp3) is 0.190. The molecule has 5 nitrogen and oxygen atoms in total. The first kappa shape index (κ1) is 21.0. The van der Waals surface area contributed by atoms with Gasteiger partial charge in [0.05, 0.1) is 29.1 Å². The molecule has 2 aromatic carbocycles. The van der Waals surface area contributed by atoms with Gasteiger partial charge < -0.3 is 5.11 Å². The van der Waals surface area contributed by atoms with Gasteiger partial charge in [0.25, 0.3) is 0 Å². The lowest BCUT2D eigenvalue weighted by Crippen LogP contribution is -2.19. The Bertz CT molecular complexity index is 1140. The standard InChI is InChI=1S/C21H15F4N3O2S/c22-15-6-3-13(17(9-15)19(29)30)10-26-28(16-7-8-16)20-27-18(11-31-20)12-1-4-14(5-2-12)21(23,24)25/h1-6,9-11,16H,7-8H2,(H,29,30). The van der Waals surface area contributed by atoms with Crippen LogP contribution in [0.4, 0.5) is 22.7 Å². The molecule has 0 aliphatic heterocycles. The number of alkyl halides is 3. The van der Waals surface area contributed by atoms with Crippen LogP contribution in [0, 0.1) is 5.82 Å². The minimum atomic E-state index is -4.40. The normalized spacial score (nSPS) is 14.2. The maximum atomic E-state index is 13.4. The number of hydrazone groups is 1. The summed E-state index contributed by atoms with van der Waals surface area (Å²) in [7, 11) is 0. The second-order valence-corrected chi connectivity index (χ2v) is 7.78. The van der Waals surface area contributed by atoms with Crippen molar-refractivity contribution in [1.82, 2.24) is 4.98 Å². The average molecular weight is 449 g/mol. The number of nitrogens with zero attached hydrogens (tertiary/aromatic N) is 3. The van der Waals surface area contributed by atoms with E-state index in [1.807, 2.05) is 0 Å². The smallest absolute Gasteiger partial charge is 0.416 e. The number of benzene rings is 2. The molecule has 0 spiro atoms. The van der Waals surface area contributed by atoms with Crippen molar-refractivity contribution in [2.45, 2.75) is 25.1 Å². The Morgan fingerprint density at radius 2 is 1.90 bits per heavy atom. The molecule has 0 bridgehead atoms. The summed E-state index contributed by atoms with van der Waals surface area (Å²) in [6.45, 7) is 0. The van der Waals surface area contributed by atoms with Crippen LogP contribution in [-0.4, -0.2) is 28.3 Å². The Morgan fingerprint density at radius 1 is 1.19 bits per heavy atom. The van der Waals surface area contributed by atoms with E-state index in [4.69, 9.17) is 0 Å². The van der Waals surface area contributed by atoms with Crippen LogP contribution in [0.5, 0.6) is 0 Å². The van der Waals surface area contributed by atoms with Gasteiger partial charge in [-0.3, -0.25) is 0 Å². The highest BCUT2D eigenvalue weighted by atomic mass is 32.1. The van der Waals surface area contributed by atoms with Gasteiger partial charge in [0.1, 0.15) is 5.82 Å². The molecule has 1 heterocycles. The van der Waals surface area contributed by atoms with Gasteiger partial charge in [-0.25, -0.2) is 19.2 Å². The zero-order valence-corrected chi connectivity index (χ0v) is 16.6. The molecule has 10 heteroatoms. The topological polar surface area (TPSA) is 65.8 Å². The number of halogens is 4. The number of hydrogen-bond donors (Lipinski definition) is 1. The molecule has 1 aromatic heterocycles. The first-order valence-corrected chi connectivity index (χ1v) is 10.1. The van der Waals surface area contributed by atoms with Gasteiger partial charge >= 0.3 is 12.1 Å². The van der Waals surface area contributed by atoms with Crippen molar-refractivity contribution in [2.75, 3.05) is 5.01 Å². The van der Waals surface area contributed by atoms with Gasteiger partial charge in [-0.15, -0.1) is 11.3 Å². The Balaban J connectivity index is 1.59. The third-order valence-electron chi connectivity index (χ3n) is 4.66. The lowest BCUT2D eigenvalue weighted by atomic mass is 10.1. The van der Waals surface area contributed by atoms with E-state index in [9.17, 15) is 27.5 Å². The zero-order valence-electron chi connectivity index (χ0n) is 15.8. The minimum absolute atomic E-state index is 0.0941. The lowest BCUT2D eigenvalue weighted by molar-refractivity contribution is -0.137. The monoisotopic (exact) mass is 449 g/mol. The van der Waals surface area contributed by atoms with Gasteiger partial charge in [0.2, 0.25) is 5.13 Å². The summed E-state index contributed by atoms with van der Waals surface area (Å²) in [4.78, 5) is 15.8. The molecule has 160 valence electrons. The number of carbonyl (C=O) groups is 1. The van der Waals surface area contributed by atoms with Crippen LogP contribution in [0.15, 0.2) is 52.9 Å². The molecular formula is C21H15F4N3O2S. The van der Waals surface area contributed by atoms with Crippen LogP contribution >= 0.6 is 11.3 Å². The van der Waals surface area contributed by atoms with Gasteiger partial charge in [-0.1, -0.05) is 12.1 Å². The van der Waals surface area contributed by atoms with Crippen LogP contribution in [-0.2, 0) is 6.18 Å². The van der Waals surface area contributed by atoms with Crippen LogP contribution in [0.25, 0.3) is 11.3 Å². The van der Waals surface area contributed by atoms with Gasteiger partial charge in [0, 0.05) is 16.5 Å². The van der Waals surface area contributed by atoms with E-state index >= 15 is 0 Å². The second-order valence-electron chi connectivity index (χ2n) is 6.95. The van der Waals surface area contributed by atoms with E-state index in [0.717, 1.165) is 37.1 Å². The number of rotatable bonds is 6. The van der Waals surface area contributed by atoms with Crippen molar-refractivity contribution in [3.63, 3.8) is 0 Å². The summed E-state index contributed by atoms with van der Waals surface area (Å²) in [6.07, 6.45) is -1.30. The molecule has 1 saturated carbocycles. The predicted molar refractivity (Wildman–Crippen MR) is 109 cm³/mol. The number of carboxylic acids is 1. The highest BCUT2D eigenvalue weighted by Crippen LogP contribution is 2.36. The maximum Gasteiger partial charge on any atom is 0.416 e. The lowest BCUT2D eigenvalue weighted by Gasteiger charge is -2.14. The largest absolute Gasteiger partial charge is 0.478 e. The van der Waals surface area contributed by atoms with Crippen LogP contribution < -0.4 is 5.01 Å².